The van der Waals surface area contributed by atoms with Crippen LogP contribution in [0.3, 0.4) is 0 Å². The molecule has 0 bridgehead atoms. The van der Waals surface area contributed by atoms with Gasteiger partial charge >= 0.3 is 17.9 Å². The van der Waals surface area contributed by atoms with Gasteiger partial charge in [0.05, 0.1) is 19.8 Å². The van der Waals surface area contributed by atoms with Crippen molar-refractivity contribution in [3.8, 4) is 0 Å². The molecule has 174 valence electrons. The molecular formula is C21H36O9. The van der Waals surface area contributed by atoms with Gasteiger partial charge in [0.25, 0.3) is 0 Å². The zero-order valence-electron chi connectivity index (χ0n) is 17.8. The lowest BCUT2D eigenvalue weighted by molar-refractivity contribution is -0.193. The molecule has 3 atom stereocenters. The lowest BCUT2D eigenvalue weighted by Crippen LogP contribution is -2.50. The lowest BCUT2D eigenvalue weighted by atomic mass is 9.95. The minimum absolute atomic E-state index is 0.00490. The number of esters is 3. The first kappa shape index (κ1) is 26.3. The van der Waals surface area contributed by atoms with Crippen LogP contribution < -0.4 is 0 Å². The maximum Gasteiger partial charge on any atom is 0.354 e. The number of carbonyl (C=O) groups excluding carboxylic acids is 3. The van der Waals surface area contributed by atoms with Gasteiger partial charge in [-0.2, -0.15) is 0 Å². The zero-order valence-corrected chi connectivity index (χ0v) is 17.8. The first-order valence-corrected chi connectivity index (χ1v) is 10.9. The minimum Gasteiger partial charge on any atom is -0.445 e. The summed E-state index contributed by atoms with van der Waals surface area (Å²) in [6.45, 7) is -0.393. The Morgan fingerprint density at radius 1 is 0.733 bits per heavy atom. The summed E-state index contributed by atoms with van der Waals surface area (Å²) in [6, 6.07) is 0. The van der Waals surface area contributed by atoms with Crippen LogP contribution in [0.2, 0.25) is 0 Å². The van der Waals surface area contributed by atoms with Gasteiger partial charge in [-0.3, -0.25) is 0 Å². The van der Waals surface area contributed by atoms with E-state index >= 15 is 0 Å². The van der Waals surface area contributed by atoms with E-state index in [2.05, 4.69) is 6.92 Å². The molecule has 0 radical (unpaired) electrons. The Morgan fingerprint density at radius 2 is 1.23 bits per heavy atom. The maximum absolute atomic E-state index is 12.6. The highest BCUT2D eigenvalue weighted by atomic mass is 16.7. The van der Waals surface area contributed by atoms with Crippen molar-refractivity contribution < 1.29 is 43.9 Å². The van der Waals surface area contributed by atoms with Gasteiger partial charge in [0.1, 0.15) is 0 Å². The minimum atomic E-state index is -2.01. The summed E-state index contributed by atoms with van der Waals surface area (Å²) >= 11 is 0. The molecule has 0 saturated carbocycles. The topological polar surface area (TPSA) is 140 Å². The number of rotatable bonds is 14. The molecule has 0 aromatic carbocycles. The van der Waals surface area contributed by atoms with Crippen LogP contribution in [0.5, 0.6) is 0 Å². The quantitative estimate of drug-likeness (QED) is 0.211. The summed E-state index contributed by atoms with van der Waals surface area (Å²) < 4.78 is 14.9. The van der Waals surface area contributed by atoms with Crippen molar-refractivity contribution in [2.24, 2.45) is 0 Å². The highest BCUT2D eigenvalue weighted by Gasteiger charge is 2.48. The number of aliphatic hydroxyl groups excluding tert-OH is 3. The molecule has 1 aliphatic rings. The third-order valence-corrected chi connectivity index (χ3v) is 5.22. The van der Waals surface area contributed by atoms with Crippen LogP contribution in [0.15, 0.2) is 0 Å². The molecule has 30 heavy (non-hydrogen) atoms. The van der Waals surface area contributed by atoms with Crippen molar-refractivity contribution in [2.45, 2.75) is 95.4 Å². The third-order valence-electron chi connectivity index (χ3n) is 5.22. The summed E-state index contributed by atoms with van der Waals surface area (Å²) in [5, 5.41) is 28.4. The molecule has 3 N–H and O–H groups in total. The van der Waals surface area contributed by atoms with E-state index in [9.17, 15) is 29.7 Å². The highest BCUT2D eigenvalue weighted by Crippen LogP contribution is 2.26. The Labute approximate surface area is 177 Å². The Balaban J connectivity index is 2.62. The average molecular weight is 433 g/mol. The van der Waals surface area contributed by atoms with Crippen LogP contribution >= 0.6 is 0 Å². The molecule has 0 amide bonds. The van der Waals surface area contributed by atoms with E-state index in [0.29, 0.717) is 6.42 Å². The normalized spacial score (nSPS) is 25.0. The van der Waals surface area contributed by atoms with Crippen LogP contribution in [0.4, 0.5) is 0 Å². The smallest absolute Gasteiger partial charge is 0.354 e. The molecule has 1 saturated heterocycles. The second-order valence-electron chi connectivity index (χ2n) is 7.69. The Hall–Kier alpha value is -1.71. The Kier molecular flexibility index (Phi) is 12.6. The van der Waals surface area contributed by atoms with Crippen molar-refractivity contribution in [2.75, 3.05) is 19.8 Å². The zero-order chi connectivity index (χ0) is 22.4. The van der Waals surface area contributed by atoms with Gasteiger partial charge in [0.2, 0.25) is 17.8 Å². The van der Waals surface area contributed by atoms with Crippen molar-refractivity contribution in [3.05, 3.63) is 0 Å². The van der Waals surface area contributed by atoms with Crippen LogP contribution in [-0.4, -0.2) is 70.9 Å². The van der Waals surface area contributed by atoms with Gasteiger partial charge in [-0.1, -0.05) is 64.7 Å². The van der Waals surface area contributed by atoms with Crippen LogP contribution in [0.25, 0.3) is 0 Å². The molecule has 1 rings (SSSR count). The van der Waals surface area contributed by atoms with Crippen molar-refractivity contribution in [1.82, 2.24) is 0 Å². The molecule has 0 aromatic heterocycles. The van der Waals surface area contributed by atoms with E-state index in [1.165, 1.54) is 32.1 Å². The maximum atomic E-state index is 12.6. The molecular weight excluding hydrogens is 396 g/mol. The van der Waals surface area contributed by atoms with Crippen molar-refractivity contribution in [1.29, 1.82) is 0 Å². The van der Waals surface area contributed by atoms with E-state index in [0.717, 1.165) is 25.7 Å². The molecule has 1 heterocycles. The Bertz CT molecular complexity index is 535. The molecule has 0 aliphatic carbocycles. The van der Waals surface area contributed by atoms with Gasteiger partial charge in [-0.25, -0.2) is 14.4 Å². The summed E-state index contributed by atoms with van der Waals surface area (Å²) in [5.41, 5.74) is -2.01. The van der Waals surface area contributed by atoms with E-state index in [1.54, 1.807) is 0 Å². The van der Waals surface area contributed by atoms with Gasteiger partial charge < -0.3 is 29.5 Å². The monoisotopic (exact) mass is 432 g/mol. The number of cyclic esters (lactones) is 3. The Morgan fingerprint density at radius 3 is 1.73 bits per heavy atom. The second kappa shape index (κ2) is 14.3. The summed E-state index contributed by atoms with van der Waals surface area (Å²) in [6.07, 6.45) is 7.25. The van der Waals surface area contributed by atoms with Crippen LogP contribution in [0.1, 0.15) is 77.6 Å². The van der Waals surface area contributed by atoms with Gasteiger partial charge in [0.15, 0.2) is 0 Å². The van der Waals surface area contributed by atoms with Crippen molar-refractivity contribution >= 4 is 17.9 Å². The number of unbranched alkanes of at least 4 members (excludes halogenated alkanes) is 9. The first-order valence-electron chi connectivity index (χ1n) is 10.9. The fourth-order valence-corrected chi connectivity index (χ4v) is 3.30. The van der Waals surface area contributed by atoms with Crippen LogP contribution in [-0.2, 0) is 28.6 Å². The lowest BCUT2D eigenvalue weighted by Gasteiger charge is -2.29. The van der Waals surface area contributed by atoms with E-state index in [4.69, 9.17) is 14.2 Å². The number of hydrogen-bond acceptors (Lipinski definition) is 9. The first-order chi connectivity index (χ1) is 14.4. The molecule has 9 heteroatoms. The van der Waals surface area contributed by atoms with Gasteiger partial charge in [0, 0.05) is 6.42 Å². The predicted octanol–water partition coefficient (Wildman–Crippen LogP) is 1.39. The number of carbonyl (C=O) groups is 3. The standard InChI is InChI=1S/C21H36O9/c1-2-3-4-5-6-7-8-9-10-11-12-21(15-24)20(27)29-16(13-22)18(25)28-17(14-23)19(26)30-21/h16-17,22-24H,2-15H2,1H3. The van der Waals surface area contributed by atoms with Gasteiger partial charge in [-0.15, -0.1) is 0 Å². The van der Waals surface area contributed by atoms with Gasteiger partial charge in [-0.05, 0) is 6.42 Å². The SMILES string of the molecule is CCCCCCCCCCCCC1(CO)OC(=O)C(CO)OC(=O)C(CO)OC1=O. The van der Waals surface area contributed by atoms with E-state index < -0.39 is 55.5 Å². The third kappa shape index (κ3) is 8.20. The molecule has 0 aromatic rings. The van der Waals surface area contributed by atoms with E-state index in [1.807, 2.05) is 0 Å². The number of aliphatic hydroxyl groups is 3. The van der Waals surface area contributed by atoms with Crippen molar-refractivity contribution in [3.63, 3.8) is 0 Å². The summed E-state index contributed by atoms with van der Waals surface area (Å²) in [7, 11) is 0. The predicted molar refractivity (Wildman–Crippen MR) is 106 cm³/mol. The number of ether oxygens (including phenoxy) is 3. The molecule has 1 aliphatic heterocycles. The molecule has 3 unspecified atom stereocenters. The largest absolute Gasteiger partial charge is 0.445 e. The highest BCUT2D eigenvalue weighted by molar-refractivity contribution is 5.90. The summed E-state index contributed by atoms with van der Waals surface area (Å²) in [5.74, 6) is -3.44. The molecule has 1 fully saturated rings. The number of hydrogen-bond donors (Lipinski definition) is 3. The summed E-state index contributed by atoms with van der Waals surface area (Å²) in [4.78, 5) is 36.7. The van der Waals surface area contributed by atoms with Crippen LogP contribution in [0, 0.1) is 0 Å². The molecule has 0 spiro atoms. The second-order valence-corrected chi connectivity index (χ2v) is 7.69. The fraction of sp³-hybridized carbons (Fsp3) is 0.857. The average Bonchev–Trinajstić information content (AvgIpc) is 2.78. The molecule has 9 nitrogen and oxygen atoms in total. The van der Waals surface area contributed by atoms with E-state index in [-0.39, 0.29) is 6.42 Å². The fourth-order valence-electron chi connectivity index (χ4n) is 3.30.